The molecule has 1 fully saturated rings. The lowest BCUT2D eigenvalue weighted by Gasteiger charge is -2.22. The number of carboxylic acid groups (broad SMARTS) is 1. The summed E-state index contributed by atoms with van der Waals surface area (Å²) in [4.78, 5) is 11.1. The summed E-state index contributed by atoms with van der Waals surface area (Å²) in [6.07, 6.45) is 6.22. The molecule has 2 rings (SSSR count). The number of halogens is 1. The number of carbonyl (C=O) groups is 1. The second-order valence-electron chi connectivity index (χ2n) is 4.76. The van der Waals surface area contributed by atoms with Gasteiger partial charge in [0, 0.05) is 4.47 Å². The van der Waals surface area contributed by atoms with Crippen molar-refractivity contribution in [3.05, 3.63) is 28.2 Å². The Hall–Kier alpha value is -1.03. The molecular weight excluding hydrogens is 296 g/mol. The molecule has 0 heterocycles. The first-order chi connectivity index (χ1) is 8.66. The first-order valence-corrected chi connectivity index (χ1v) is 7.12. The molecule has 0 spiro atoms. The summed E-state index contributed by atoms with van der Waals surface area (Å²) in [5.74, 6) is 0.0861. The molecule has 1 aromatic carbocycles. The van der Waals surface area contributed by atoms with Crippen LogP contribution in [0.3, 0.4) is 0 Å². The van der Waals surface area contributed by atoms with Gasteiger partial charge in [0.1, 0.15) is 11.3 Å². The Morgan fingerprint density at radius 1 is 1.33 bits per heavy atom. The van der Waals surface area contributed by atoms with E-state index in [1.54, 1.807) is 18.2 Å². The van der Waals surface area contributed by atoms with Crippen LogP contribution in [0.1, 0.15) is 42.5 Å². The highest BCUT2D eigenvalue weighted by Crippen LogP contribution is 2.27. The van der Waals surface area contributed by atoms with Crippen molar-refractivity contribution >= 4 is 21.9 Å². The maximum atomic E-state index is 11.1. The van der Waals surface area contributed by atoms with Gasteiger partial charge in [0.25, 0.3) is 0 Å². The second-order valence-corrected chi connectivity index (χ2v) is 5.68. The summed E-state index contributed by atoms with van der Waals surface area (Å²) in [6.45, 7) is 0.622. The topological polar surface area (TPSA) is 46.5 Å². The Bertz CT molecular complexity index is 425. The van der Waals surface area contributed by atoms with Gasteiger partial charge in [-0.25, -0.2) is 4.79 Å². The van der Waals surface area contributed by atoms with Gasteiger partial charge in [-0.1, -0.05) is 35.2 Å². The Labute approximate surface area is 115 Å². The Morgan fingerprint density at radius 3 is 2.72 bits per heavy atom. The van der Waals surface area contributed by atoms with Crippen molar-refractivity contribution in [3.63, 3.8) is 0 Å². The van der Waals surface area contributed by atoms with E-state index in [1.807, 2.05) is 0 Å². The number of hydrogen-bond acceptors (Lipinski definition) is 2. The van der Waals surface area contributed by atoms with Gasteiger partial charge in [-0.05, 0) is 37.0 Å². The molecule has 0 atom stereocenters. The largest absolute Gasteiger partial charge is 0.492 e. The van der Waals surface area contributed by atoms with Crippen molar-refractivity contribution in [2.75, 3.05) is 6.61 Å². The summed E-state index contributed by atoms with van der Waals surface area (Å²) in [5.41, 5.74) is 0.231. The van der Waals surface area contributed by atoms with Gasteiger partial charge in [0.2, 0.25) is 0 Å². The van der Waals surface area contributed by atoms with Gasteiger partial charge < -0.3 is 9.84 Å². The SMILES string of the molecule is O=C(O)c1ccc(Br)cc1OCC1CCCCC1. The van der Waals surface area contributed by atoms with Crippen LogP contribution in [0.5, 0.6) is 5.75 Å². The van der Waals surface area contributed by atoms with Crippen molar-refractivity contribution < 1.29 is 14.6 Å². The van der Waals surface area contributed by atoms with Crippen molar-refractivity contribution in [2.45, 2.75) is 32.1 Å². The lowest BCUT2D eigenvalue weighted by Crippen LogP contribution is -2.16. The first-order valence-electron chi connectivity index (χ1n) is 6.32. The molecule has 0 saturated heterocycles. The van der Waals surface area contributed by atoms with E-state index in [0.29, 0.717) is 18.3 Å². The van der Waals surface area contributed by atoms with Crippen molar-refractivity contribution in [2.24, 2.45) is 5.92 Å². The zero-order valence-corrected chi connectivity index (χ0v) is 11.8. The van der Waals surface area contributed by atoms with Gasteiger partial charge in [0.15, 0.2) is 0 Å². The lowest BCUT2D eigenvalue weighted by molar-refractivity contribution is 0.0690. The maximum Gasteiger partial charge on any atom is 0.339 e. The van der Waals surface area contributed by atoms with E-state index >= 15 is 0 Å². The fourth-order valence-electron chi connectivity index (χ4n) is 2.35. The average molecular weight is 313 g/mol. The quantitative estimate of drug-likeness (QED) is 0.910. The molecule has 0 aromatic heterocycles. The van der Waals surface area contributed by atoms with Crippen LogP contribution in [0.2, 0.25) is 0 Å². The Morgan fingerprint density at radius 2 is 2.06 bits per heavy atom. The first kappa shape index (κ1) is 13.4. The predicted octanol–water partition coefficient (Wildman–Crippen LogP) is 4.11. The highest BCUT2D eigenvalue weighted by molar-refractivity contribution is 9.10. The normalized spacial score (nSPS) is 16.5. The fraction of sp³-hybridized carbons (Fsp3) is 0.500. The number of carboxylic acids is 1. The van der Waals surface area contributed by atoms with E-state index in [1.165, 1.54) is 32.1 Å². The summed E-state index contributed by atoms with van der Waals surface area (Å²) in [6, 6.07) is 5.02. The smallest absolute Gasteiger partial charge is 0.339 e. The van der Waals surface area contributed by atoms with Crippen LogP contribution in [0, 0.1) is 5.92 Å². The van der Waals surface area contributed by atoms with Crippen LogP contribution in [0.25, 0.3) is 0 Å². The van der Waals surface area contributed by atoms with Crippen LogP contribution < -0.4 is 4.74 Å². The van der Waals surface area contributed by atoms with Crippen molar-refractivity contribution in [3.8, 4) is 5.75 Å². The average Bonchev–Trinajstić information content (AvgIpc) is 2.37. The molecule has 0 radical (unpaired) electrons. The Balaban J connectivity index is 2.03. The van der Waals surface area contributed by atoms with Crippen LogP contribution in [-0.2, 0) is 0 Å². The van der Waals surface area contributed by atoms with Gasteiger partial charge in [-0.3, -0.25) is 0 Å². The minimum Gasteiger partial charge on any atom is -0.492 e. The zero-order valence-electron chi connectivity index (χ0n) is 10.2. The molecule has 0 bridgehead atoms. The highest BCUT2D eigenvalue weighted by Gasteiger charge is 2.16. The van der Waals surface area contributed by atoms with Crippen LogP contribution >= 0.6 is 15.9 Å². The van der Waals surface area contributed by atoms with Gasteiger partial charge in [-0.2, -0.15) is 0 Å². The predicted molar refractivity (Wildman–Crippen MR) is 73.2 cm³/mol. The van der Waals surface area contributed by atoms with E-state index in [4.69, 9.17) is 9.84 Å². The third-order valence-electron chi connectivity index (χ3n) is 3.37. The summed E-state index contributed by atoms with van der Waals surface area (Å²) >= 11 is 3.34. The zero-order chi connectivity index (χ0) is 13.0. The highest BCUT2D eigenvalue weighted by atomic mass is 79.9. The molecule has 1 saturated carbocycles. The fourth-order valence-corrected chi connectivity index (χ4v) is 2.69. The van der Waals surface area contributed by atoms with Gasteiger partial charge in [-0.15, -0.1) is 0 Å². The number of hydrogen-bond donors (Lipinski definition) is 1. The van der Waals surface area contributed by atoms with Crippen molar-refractivity contribution in [1.82, 2.24) is 0 Å². The molecular formula is C14H17BrO3. The van der Waals surface area contributed by atoms with Crippen LogP contribution in [-0.4, -0.2) is 17.7 Å². The standard InChI is InChI=1S/C14H17BrO3/c15-11-6-7-12(14(16)17)13(8-11)18-9-10-4-2-1-3-5-10/h6-8,10H,1-5,9H2,(H,16,17). The molecule has 4 heteroatoms. The number of ether oxygens (including phenoxy) is 1. The van der Waals surface area contributed by atoms with Crippen LogP contribution in [0.4, 0.5) is 0 Å². The number of aromatic carboxylic acids is 1. The molecule has 0 aliphatic heterocycles. The molecule has 18 heavy (non-hydrogen) atoms. The van der Waals surface area contributed by atoms with E-state index in [2.05, 4.69) is 15.9 Å². The molecule has 1 N–H and O–H groups in total. The molecule has 0 amide bonds. The minimum absolute atomic E-state index is 0.231. The lowest BCUT2D eigenvalue weighted by atomic mass is 9.90. The number of benzene rings is 1. The molecule has 0 unspecified atom stereocenters. The third-order valence-corrected chi connectivity index (χ3v) is 3.87. The van der Waals surface area contributed by atoms with Crippen molar-refractivity contribution in [1.29, 1.82) is 0 Å². The van der Waals surface area contributed by atoms with E-state index < -0.39 is 5.97 Å². The molecule has 1 aromatic rings. The minimum atomic E-state index is -0.943. The molecule has 3 nitrogen and oxygen atoms in total. The molecule has 1 aliphatic carbocycles. The summed E-state index contributed by atoms with van der Waals surface area (Å²) in [5, 5.41) is 9.10. The number of rotatable bonds is 4. The molecule has 1 aliphatic rings. The summed E-state index contributed by atoms with van der Waals surface area (Å²) < 4.78 is 6.55. The van der Waals surface area contributed by atoms with Gasteiger partial charge in [0.05, 0.1) is 6.61 Å². The van der Waals surface area contributed by atoms with E-state index in [0.717, 1.165) is 4.47 Å². The molecule has 98 valence electrons. The van der Waals surface area contributed by atoms with E-state index in [9.17, 15) is 4.79 Å². The third kappa shape index (κ3) is 3.48. The Kier molecular flexibility index (Phi) is 4.64. The maximum absolute atomic E-state index is 11.1. The monoisotopic (exact) mass is 312 g/mol. The van der Waals surface area contributed by atoms with Gasteiger partial charge >= 0.3 is 5.97 Å². The van der Waals surface area contributed by atoms with Crippen LogP contribution in [0.15, 0.2) is 22.7 Å². The second kappa shape index (κ2) is 6.23. The van der Waals surface area contributed by atoms with E-state index in [-0.39, 0.29) is 5.56 Å². The summed E-state index contributed by atoms with van der Waals surface area (Å²) in [7, 11) is 0.